The number of methoxy groups -OCH3 is 1. The lowest BCUT2D eigenvalue weighted by molar-refractivity contribution is -0.129. The number of nitrogens with zero attached hydrogens (tertiary/aromatic N) is 3. The van der Waals surface area contributed by atoms with E-state index in [1.165, 1.54) is 6.07 Å². The summed E-state index contributed by atoms with van der Waals surface area (Å²) in [6.45, 7) is 5.38. The number of carbonyl (C=O) groups excluding carboxylic acids is 2. The van der Waals surface area contributed by atoms with Crippen LogP contribution in [0.15, 0.2) is 48.5 Å². The predicted molar refractivity (Wildman–Crippen MR) is 125 cm³/mol. The van der Waals surface area contributed by atoms with E-state index >= 15 is 0 Å². The van der Waals surface area contributed by atoms with E-state index in [0.29, 0.717) is 25.3 Å². The Balaban J connectivity index is 1.17. The highest BCUT2D eigenvalue weighted by Crippen LogP contribution is 2.22. The summed E-state index contributed by atoms with van der Waals surface area (Å²) in [7, 11) is 1.62. The summed E-state index contributed by atoms with van der Waals surface area (Å²) in [6, 6.07) is 14.5. The number of anilines is 1. The summed E-state index contributed by atoms with van der Waals surface area (Å²) in [6.07, 6.45) is 0.253. The molecule has 2 saturated heterocycles. The Morgan fingerprint density at radius 1 is 1.09 bits per heavy atom. The highest BCUT2D eigenvalue weighted by atomic mass is 19.1. The van der Waals surface area contributed by atoms with Crippen LogP contribution in [0.4, 0.5) is 10.1 Å². The molecule has 0 radical (unpaired) electrons. The Hall–Kier alpha value is -3.13. The molecule has 8 heteroatoms. The molecule has 2 aromatic rings. The molecule has 0 saturated carbocycles. The lowest BCUT2D eigenvalue weighted by atomic mass is 10.1. The number of hydrogen-bond acceptors (Lipinski definition) is 5. The van der Waals surface area contributed by atoms with Crippen LogP contribution in [0.3, 0.4) is 0 Å². The van der Waals surface area contributed by atoms with Crippen molar-refractivity contribution in [2.24, 2.45) is 5.92 Å². The number of hydrogen-bond donors (Lipinski definition) is 1. The van der Waals surface area contributed by atoms with Crippen molar-refractivity contribution in [3.8, 4) is 5.75 Å². The fourth-order valence-corrected chi connectivity index (χ4v) is 4.45. The number of benzene rings is 2. The molecule has 33 heavy (non-hydrogen) atoms. The van der Waals surface area contributed by atoms with Gasteiger partial charge >= 0.3 is 0 Å². The maximum Gasteiger partial charge on any atom is 0.225 e. The molecule has 2 aliphatic rings. The lowest BCUT2D eigenvalue weighted by Gasteiger charge is -2.36. The molecule has 2 amide bonds. The molecule has 2 aliphatic heterocycles. The molecule has 2 fully saturated rings. The number of halogens is 1. The van der Waals surface area contributed by atoms with Crippen LogP contribution in [0.5, 0.6) is 5.75 Å². The topological polar surface area (TPSA) is 65.1 Å². The van der Waals surface area contributed by atoms with Gasteiger partial charge in [-0.25, -0.2) is 4.39 Å². The molecular formula is C25H31FN4O3. The summed E-state index contributed by atoms with van der Waals surface area (Å²) in [5.41, 5.74) is 1.66. The van der Waals surface area contributed by atoms with Crippen molar-refractivity contribution in [3.63, 3.8) is 0 Å². The average Bonchev–Trinajstić information content (AvgIpc) is 3.20. The zero-order valence-corrected chi connectivity index (χ0v) is 19.0. The van der Waals surface area contributed by atoms with Crippen LogP contribution in [0, 0.1) is 11.7 Å². The molecule has 7 nitrogen and oxygen atoms in total. The first-order valence-electron chi connectivity index (χ1n) is 11.4. The number of rotatable bonds is 8. The van der Waals surface area contributed by atoms with Crippen molar-refractivity contribution in [1.82, 2.24) is 15.1 Å². The molecular weight excluding hydrogens is 423 g/mol. The number of carbonyl (C=O) groups is 2. The fourth-order valence-electron chi connectivity index (χ4n) is 4.45. The lowest BCUT2D eigenvalue weighted by Crippen LogP contribution is -2.49. The van der Waals surface area contributed by atoms with Crippen molar-refractivity contribution in [1.29, 1.82) is 0 Å². The van der Waals surface area contributed by atoms with Crippen molar-refractivity contribution in [2.75, 3.05) is 57.8 Å². The summed E-state index contributed by atoms with van der Waals surface area (Å²) in [5.74, 6) is 0.220. The van der Waals surface area contributed by atoms with Gasteiger partial charge in [0.2, 0.25) is 11.8 Å². The molecule has 0 spiro atoms. The van der Waals surface area contributed by atoms with Crippen LogP contribution >= 0.6 is 0 Å². The van der Waals surface area contributed by atoms with E-state index in [2.05, 4.69) is 15.1 Å². The van der Waals surface area contributed by atoms with Gasteiger partial charge in [0.1, 0.15) is 11.6 Å². The Bertz CT molecular complexity index is 960. The second-order valence-corrected chi connectivity index (χ2v) is 8.59. The van der Waals surface area contributed by atoms with E-state index in [9.17, 15) is 14.0 Å². The molecule has 0 aliphatic carbocycles. The van der Waals surface area contributed by atoms with Crippen molar-refractivity contribution < 1.29 is 18.7 Å². The van der Waals surface area contributed by atoms with Gasteiger partial charge in [-0.1, -0.05) is 24.3 Å². The monoisotopic (exact) mass is 454 g/mol. The number of likely N-dealkylation sites (tertiary alicyclic amines) is 1. The number of ether oxygens (including phenoxy) is 1. The van der Waals surface area contributed by atoms with Crippen LogP contribution < -0.4 is 15.0 Å². The van der Waals surface area contributed by atoms with E-state index in [4.69, 9.17) is 4.74 Å². The first kappa shape index (κ1) is 23.0. The number of piperazine rings is 1. The first-order chi connectivity index (χ1) is 16.0. The van der Waals surface area contributed by atoms with Gasteiger partial charge in [-0.3, -0.25) is 14.5 Å². The minimum atomic E-state index is -0.311. The van der Waals surface area contributed by atoms with Gasteiger partial charge in [0.25, 0.3) is 0 Å². The van der Waals surface area contributed by atoms with Gasteiger partial charge in [0, 0.05) is 58.8 Å². The van der Waals surface area contributed by atoms with Gasteiger partial charge in [-0.15, -0.1) is 0 Å². The molecule has 0 aromatic heterocycles. The highest BCUT2D eigenvalue weighted by Gasteiger charge is 2.34. The molecule has 0 bridgehead atoms. The van der Waals surface area contributed by atoms with Gasteiger partial charge in [0.05, 0.1) is 18.7 Å². The molecule has 1 atom stereocenters. The van der Waals surface area contributed by atoms with Gasteiger partial charge in [-0.05, 0) is 29.8 Å². The van der Waals surface area contributed by atoms with E-state index < -0.39 is 0 Å². The third-order valence-corrected chi connectivity index (χ3v) is 6.41. The van der Waals surface area contributed by atoms with Gasteiger partial charge in [-0.2, -0.15) is 0 Å². The Morgan fingerprint density at radius 3 is 2.52 bits per heavy atom. The second kappa shape index (κ2) is 10.7. The van der Waals surface area contributed by atoms with E-state index in [1.807, 2.05) is 36.4 Å². The Morgan fingerprint density at radius 2 is 1.82 bits per heavy atom. The largest absolute Gasteiger partial charge is 0.497 e. The quantitative estimate of drug-likeness (QED) is 0.662. The molecule has 4 rings (SSSR count). The summed E-state index contributed by atoms with van der Waals surface area (Å²) < 4.78 is 19.1. The Kier molecular flexibility index (Phi) is 7.44. The van der Waals surface area contributed by atoms with E-state index in [0.717, 1.165) is 44.0 Å². The minimum Gasteiger partial charge on any atom is -0.497 e. The van der Waals surface area contributed by atoms with E-state index in [-0.39, 0.29) is 30.0 Å². The van der Waals surface area contributed by atoms with Gasteiger partial charge in [0.15, 0.2) is 0 Å². The third-order valence-electron chi connectivity index (χ3n) is 6.41. The highest BCUT2D eigenvalue weighted by molar-refractivity contribution is 5.89. The van der Waals surface area contributed by atoms with E-state index in [1.54, 1.807) is 18.1 Å². The maximum atomic E-state index is 14.0. The molecule has 176 valence electrons. The zero-order valence-electron chi connectivity index (χ0n) is 19.0. The van der Waals surface area contributed by atoms with Crippen molar-refractivity contribution in [3.05, 3.63) is 59.9 Å². The van der Waals surface area contributed by atoms with Crippen LogP contribution in [0.25, 0.3) is 0 Å². The SMILES string of the molecule is COc1ccc(CN2C[C@H](C(=O)NCCN3CCN(c4ccccc4F)CC3)CC2=O)cc1. The van der Waals surface area contributed by atoms with Crippen LogP contribution in [0.2, 0.25) is 0 Å². The first-order valence-corrected chi connectivity index (χ1v) is 11.4. The standard InChI is InChI=1S/C25H31FN4O3/c1-33-21-8-6-19(7-9-21)17-30-18-20(16-24(30)31)25(32)27-10-11-28-12-14-29(15-13-28)23-5-3-2-4-22(23)26/h2-9,20H,10-18H2,1H3,(H,27,32)/t20-/m1/s1. The van der Waals surface area contributed by atoms with Crippen LogP contribution in [-0.4, -0.2) is 74.5 Å². The molecule has 2 aromatic carbocycles. The molecule has 0 unspecified atom stereocenters. The van der Waals surface area contributed by atoms with Gasteiger partial charge < -0.3 is 19.9 Å². The smallest absolute Gasteiger partial charge is 0.225 e. The van der Waals surface area contributed by atoms with Crippen molar-refractivity contribution in [2.45, 2.75) is 13.0 Å². The average molecular weight is 455 g/mol. The summed E-state index contributed by atoms with van der Waals surface area (Å²) in [4.78, 5) is 31.1. The minimum absolute atomic E-state index is 0.00948. The van der Waals surface area contributed by atoms with Crippen LogP contribution in [0.1, 0.15) is 12.0 Å². The van der Waals surface area contributed by atoms with Crippen molar-refractivity contribution >= 4 is 17.5 Å². The maximum absolute atomic E-state index is 14.0. The second-order valence-electron chi connectivity index (χ2n) is 8.59. The molecule has 2 heterocycles. The predicted octanol–water partition coefficient (Wildman–Crippen LogP) is 2.12. The fraction of sp³-hybridized carbons (Fsp3) is 0.440. The third kappa shape index (κ3) is 5.82. The zero-order chi connectivity index (χ0) is 23.2. The van der Waals surface area contributed by atoms with Crippen LogP contribution in [-0.2, 0) is 16.1 Å². The number of para-hydroxylation sites is 1. The number of amides is 2. The normalized spacial score (nSPS) is 19.1. The number of nitrogens with one attached hydrogen (secondary N) is 1. The summed E-state index contributed by atoms with van der Waals surface area (Å²) >= 11 is 0. The molecule has 1 N–H and O–H groups in total. The summed E-state index contributed by atoms with van der Waals surface area (Å²) in [5, 5.41) is 2.99. The Labute approximate surface area is 194 Å².